The summed E-state index contributed by atoms with van der Waals surface area (Å²) in [6.07, 6.45) is 1.97. The van der Waals surface area contributed by atoms with Crippen LogP contribution in [0.15, 0.2) is 88.9 Å². The molecule has 0 bridgehead atoms. The highest BCUT2D eigenvalue weighted by Crippen LogP contribution is 2.28. The maximum Gasteiger partial charge on any atom is 0.254 e. The van der Waals surface area contributed by atoms with E-state index in [-0.39, 0.29) is 11.8 Å². The quantitative estimate of drug-likeness (QED) is 0.600. The molecule has 2 amide bonds. The monoisotopic (exact) mass is 446 g/mol. The molecule has 0 spiro atoms. The fourth-order valence-corrected chi connectivity index (χ4v) is 4.54. The van der Waals surface area contributed by atoms with Crippen LogP contribution in [0.3, 0.4) is 0 Å². The first-order valence-electron chi connectivity index (χ1n) is 10.7. The summed E-state index contributed by atoms with van der Waals surface area (Å²) in [5, 5.41) is 3.53. The Kier molecular flexibility index (Phi) is 7.40. The first-order chi connectivity index (χ1) is 15.7. The summed E-state index contributed by atoms with van der Waals surface area (Å²) in [7, 11) is 0. The summed E-state index contributed by atoms with van der Waals surface area (Å²) in [5.41, 5.74) is 1.71. The van der Waals surface area contributed by atoms with Crippen LogP contribution in [0, 0.1) is 0 Å². The zero-order valence-electron chi connectivity index (χ0n) is 17.8. The smallest absolute Gasteiger partial charge is 0.254 e. The normalized spacial score (nSPS) is 13.6. The van der Waals surface area contributed by atoms with E-state index >= 15 is 0 Å². The summed E-state index contributed by atoms with van der Waals surface area (Å²) in [6.45, 7) is 3.33. The number of anilines is 1. The number of rotatable bonds is 7. The largest absolute Gasteiger partial charge is 0.368 e. The molecule has 1 aromatic heterocycles. The van der Waals surface area contributed by atoms with Gasteiger partial charge in [0.05, 0.1) is 5.56 Å². The van der Waals surface area contributed by atoms with Crippen LogP contribution in [-0.2, 0) is 4.79 Å². The van der Waals surface area contributed by atoms with Gasteiger partial charge < -0.3 is 15.1 Å². The Morgan fingerprint density at radius 3 is 2.28 bits per heavy atom. The van der Waals surface area contributed by atoms with E-state index in [1.807, 2.05) is 53.4 Å². The molecule has 32 heavy (non-hydrogen) atoms. The fourth-order valence-electron chi connectivity index (χ4n) is 3.63. The lowest BCUT2D eigenvalue weighted by Gasteiger charge is -2.36. The maximum absolute atomic E-state index is 12.7. The van der Waals surface area contributed by atoms with Crippen LogP contribution >= 0.6 is 11.8 Å². The van der Waals surface area contributed by atoms with Crippen LogP contribution < -0.4 is 10.2 Å². The van der Waals surface area contributed by atoms with Crippen molar-refractivity contribution in [2.24, 2.45) is 0 Å². The molecule has 2 aromatic carbocycles. The summed E-state index contributed by atoms with van der Waals surface area (Å²) in [6, 6.07) is 23.6. The highest BCUT2D eigenvalue weighted by atomic mass is 32.2. The Labute approximate surface area is 192 Å². The SMILES string of the molecule is O=C(NCCC(=O)N1CCN(c2ccccc2)CC1)c1cccnc1Sc1ccccc1. The van der Waals surface area contributed by atoms with E-state index in [1.165, 1.54) is 17.4 Å². The lowest BCUT2D eigenvalue weighted by Crippen LogP contribution is -2.49. The molecule has 1 aliphatic rings. The van der Waals surface area contributed by atoms with Gasteiger partial charge in [0.2, 0.25) is 5.91 Å². The minimum Gasteiger partial charge on any atom is -0.368 e. The zero-order valence-corrected chi connectivity index (χ0v) is 18.6. The summed E-state index contributed by atoms with van der Waals surface area (Å²) < 4.78 is 0. The van der Waals surface area contributed by atoms with Crippen molar-refractivity contribution in [1.82, 2.24) is 15.2 Å². The fraction of sp³-hybridized carbons (Fsp3) is 0.240. The Hall–Kier alpha value is -3.32. The van der Waals surface area contributed by atoms with E-state index in [1.54, 1.807) is 18.3 Å². The van der Waals surface area contributed by atoms with Crippen LogP contribution in [0.4, 0.5) is 5.69 Å². The van der Waals surface area contributed by atoms with Crippen molar-refractivity contribution >= 4 is 29.3 Å². The average Bonchev–Trinajstić information content (AvgIpc) is 2.85. The number of hydrogen-bond acceptors (Lipinski definition) is 5. The van der Waals surface area contributed by atoms with Crippen molar-refractivity contribution < 1.29 is 9.59 Å². The van der Waals surface area contributed by atoms with Crippen LogP contribution in [0.1, 0.15) is 16.8 Å². The predicted octanol–water partition coefficient (Wildman–Crippen LogP) is 3.70. The van der Waals surface area contributed by atoms with Crippen LogP contribution in [0.5, 0.6) is 0 Å². The number of nitrogens with zero attached hydrogens (tertiary/aromatic N) is 3. The van der Waals surface area contributed by atoms with Gasteiger partial charge in [-0.3, -0.25) is 9.59 Å². The number of amides is 2. The number of benzene rings is 2. The molecule has 0 atom stereocenters. The number of nitrogens with one attached hydrogen (secondary N) is 1. The first kappa shape index (κ1) is 21.9. The highest BCUT2D eigenvalue weighted by Gasteiger charge is 2.21. The van der Waals surface area contributed by atoms with Gasteiger partial charge in [-0.25, -0.2) is 4.98 Å². The second-order valence-electron chi connectivity index (χ2n) is 7.48. The van der Waals surface area contributed by atoms with Gasteiger partial charge in [0.1, 0.15) is 5.03 Å². The van der Waals surface area contributed by atoms with Crippen LogP contribution in [0.2, 0.25) is 0 Å². The van der Waals surface area contributed by atoms with Crippen LogP contribution in [-0.4, -0.2) is 54.4 Å². The van der Waals surface area contributed by atoms with Gasteiger partial charge in [0.15, 0.2) is 0 Å². The van der Waals surface area contributed by atoms with E-state index in [0.29, 0.717) is 36.6 Å². The van der Waals surface area contributed by atoms with E-state index in [2.05, 4.69) is 27.3 Å². The maximum atomic E-state index is 12.7. The first-order valence-corrected chi connectivity index (χ1v) is 11.6. The average molecular weight is 447 g/mol. The number of pyridine rings is 1. The van der Waals surface area contributed by atoms with Crippen molar-refractivity contribution in [1.29, 1.82) is 0 Å². The lowest BCUT2D eigenvalue weighted by molar-refractivity contribution is -0.131. The number of hydrogen-bond donors (Lipinski definition) is 1. The van der Waals surface area contributed by atoms with Gasteiger partial charge in [-0.05, 0) is 36.4 Å². The van der Waals surface area contributed by atoms with E-state index in [0.717, 1.165) is 18.0 Å². The van der Waals surface area contributed by atoms with Gasteiger partial charge in [0, 0.05) is 55.9 Å². The molecule has 7 heteroatoms. The second-order valence-corrected chi connectivity index (χ2v) is 8.54. The van der Waals surface area contributed by atoms with Gasteiger partial charge in [-0.15, -0.1) is 0 Å². The van der Waals surface area contributed by atoms with Gasteiger partial charge in [-0.1, -0.05) is 48.2 Å². The van der Waals surface area contributed by atoms with E-state index < -0.39 is 0 Å². The minimum atomic E-state index is -0.210. The lowest BCUT2D eigenvalue weighted by atomic mass is 10.2. The Bertz CT molecular complexity index is 1040. The molecule has 0 radical (unpaired) electrons. The molecule has 0 saturated carbocycles. The van der Waals surface area contributed by atoms with Crippen molar-refractivity contribution in [3.8, 4) is 0 Å². The molecular formula is C25H26N4O2S. The molecule has 6 nitrogen and oxygen atoms in total. The molecule has 0 unspecified atom stereocenters. The number of aromatic nitrogens is 1. The molecule has 0 aliphatic carbocycles. The van der Waals surface area contributed by atoms with Gasteiger partial charge >= 0.3 is 0 Å². The Morgan fingerprint density at radius 2 is 1.56 bits per heavy atom. The summed E-state index contributed by atoms with van der Waals surface area (Å²) in [5.74, 6) is -0.138. The molecule has 1 aliphatic heterocycles. The molecule has 164 valence electrons. The molecule has 1 fully saturated rings. The Balaban J connectivity index is 1.25. The number of piperazine rings is 1. The molecular weight excluding hydrogens is 420 g/mol. The van der Waals surface area contributed by atoms with Crippen molar-refractivity contribution in [3.05, 3.63) is 84.6 Å². The topological polar surface area (TPSA) is 65.5 Å². The van der Waals surface area contributed by atoms with E-state index in [9.17, 15) is 9.59 Å². The number of carbonyl (C=O) groups is 2. The Morgan fingerprint density at radius 1 is 0.875 bits per heavy atom. The molecule has 1 N–H and O–H groups in total. The van der Waals surface area contributed by atoms with Gasteiger partial charge in [-0.2, -0.15) is 0 Å². The molecule has 1 saturated heterocycles. The minimum absolute atomic E-state index is 0.0723. The highest BCUT2D eigenvalue weighted by molar-refractivity contribution is 7.99. The standard InChI is InChI=1S/C25H26N4O2S/c30-23(29-18-16-28(17-19-29)20-8-3-1-4-9-20)13-15-26-24(31)22-12-7-14-27-25(22)32-21-10-5-2-6-11-21/h1-12,14H,13,15-19H2,(H,26,31). The molecule has 4 rings (SSSR count). The van der Waals surface area contributed by atoms with Crippen molar-refractivity contribution in [2.45, 2.75) is 16.3 Å². The summed E-state index contributed by atoms with van der Waals surface area (Å²) >= 11 is 1.45. The van der Waals surface area contributed by atoms with E-state index in [4.69, 9.17) is 0 Å². The zero-order chi connectivity index (χ0) is 22.2. The summed E-state index contributed by atoms with van der Waals surface area (Å²) in [4.78, 5) is 34.9. The van der Waals surface area contributed by atoms with Crippen molar-refractivity contribution in [2.75, 3.05) is 37.6 Å². The third-order valence-corrected chi connectivity index (χ3v) is 6.38. The predicted molar refractivity (Wildman–Crippen MR) is 127 cm³/mol. The molecule has 3 aromatic rings. The third-order valence-electron chi connectivity index (χ3n) is 5.35. The van der Waals surface area contributed by atoms with Crippen molar-refractivity contribution in [3.63, 3.8) is 0 Å². The second kappa shape index (κ2) is 10.8. The third kappa shape index (κ3) is 5.68. The van der Waals surface area contributed by atoms with Gasteiger partial charge in [0.25, 0.3) is 5.91 Å². The number of carbonyl (C=O) groups excluding carboxylic acids is 2. The van der Waals surface area contributed by atoms with Crippen LogP contribution in [0.25, 0.3) is 0 Å². The number of para-hydroxylation sites is 1. The molecule has 2 heterocycles.